The van der Waals surface area contributed by atoms with Crippen molar-refractivity contribution in [2.75, 3.05) is 19.0 Å². The van der Waals surface area contributed by atoms with Crippen molar-refractivity contribution in [3.63, 3.8) is 0 Å². The maximum atomic E-state index is 11.1. The molecule has 21 heavy (non-hydrogen) atoms. The number of benzene rings is 1. The van der Waals surface area contributed by atoms with Crippen LogP contribution in [0.5, 0.6) is 11.5 Å². The lowest BCUT2D eigenvalue weighted by Crippen LogP contribution is -2.49. The van der Waals surface area contributed by atoms with Gasteiger partial charge in [-0.3, -0.25) is 4.79 Å². The van der Waals surface area contributed by atoms with Gasteiger partial charge in [-0.2, -0.15) is 0 Å². The van der Waals surface area contributed by atoms with E-state index in [1.54, 1.807) is 18.7 Å². The lowest BCUT2D eigenvalue weighted by atomic mass is 9.96. The van der Waals surface area contributed by atoms with Crippen molar-refractivity contribution in [2.24, 2.45) is 11.5 Å². The highest BCUT2D eigenvalue weighted by Crippen LogP contribution is 2.34. The van der Waals surface area contributed by atoms with Gasteiger partial charge in [0.25, 0.3) is 0 Å². The lowest BCUT2D eigenvalue weighted by Gasteiger charge is -2.20. The van der Waals surface area contributed by atoms with Crippen molar-refractivity contribution >= 4 is 17.7 Å². The van der Waals surface area contributed by atoms with Crippen molar-refractivity contribution in [1.29, 1.82) is 0 Å². The molecule has 0 aromatic heterocycles. The van der Waals surface area contributed by atoms with E-state index in [0.717, 1.165) is 35.0 Å². The first-order valence-corrected chi connectivity index (χ1v) is 8.09. The van der Waals surface area contributed by atoms with E-state index in [2.05, 4.69) is 0 Å². The molecule has 1 unspecified atom stereocenters. The zero-order chi connectivity index (χ0) is 15.3. The van der Waals surface area contributed by atoms with Gasteiger partial charge in [0.1, 0.15) is 13.2 Å². The molecule has 0 saturated heterocycles. The highest BCUT2D eigenvalue weighted by Gasteiger charge is 2.24. The number of thioether (sulfide) groups is 1. The number of carbonyl (C=O) groups excluding carboxylic acids is 1. The predicted octanol–water partition coefficient (Wildman–Crippen LogP) is 1.92. The van der Waals surface area contributed by atoms with Crippen LogP contribution >= 0.6 is 11.8 Å². The number of rotatable bonds is 7. The van der Waals surface area contributed by atoms with Crippen LogP contribution < -0.4 is 20.9 Å². The van der Waals surface area contributed by atoms with Crippen molar-refractivity contribution in [1.82, 2.24) is 0 Å². The third-order valence-electron chi connectivity index (χ3n) is 3.44. The van der Waals surface area contributed by atoms with Crippen LogP contribution in [0.1, 0.15) is 26.2 Å². The summed E-state index contributed by atoms with van der Waals surface area (Å²) in [6, 6.07) is 5.99. The Kier molecular flexibility index (Phi) is 5.36. The molecule has 5 nitrogen and oxygen atoms in total. The third kappa shape index (κ3) is 4.54. The molecule has 0 radical (unpaired) electrons. The van der Waals surface area contributed by atoms with Gasteiger partial charge in [0.2, 0.25) is 5.91 Å². The molecule has 1 heterocycles. The molecule has 6 heteroatoms. The Morgan fingerprint density at radius 2 is 2.00 bits per heavy atom. The van der Waals surface area contributed by atoms with E-state index in [0.29, 0.717) is 19.6 Å². The fourth-order valence-electron chi connectivity index (χ4n) is 2.02. The summed E-state index contributed by atoms with van der Waals surface area (Å²) in [7, 11) is 0. The number of carbonyl (C=O) groups is 1. The molecule has 2 rings (SSSR count). The normalized spacial score (nSPS) is 16.3. The van der Waals surface area contributed by atoms with Crippen molar-refractivity contribution in [3.05, 3.63) is 18.2 Å². The minimum Gasteiger partial charge on any atom is -0.486 e. The van der Waals surface area contributed by atoms with Crippen LogP contribution in [0.25, 0.3) is 0 Å². The van der Waals surface area contributed by atoms with E-state index < -0.39 is 11.4 Å². The molecule has 116 valence electrons. The maximum absolute atomic E-state index is 11.1. The molecule has 1 aliphatic rings. The Balaban J connectivity index is 1.73. The molecule has 0 fully saturated rings. The molecule has 1 amide bonds. The summed E-state index contributed by atoms with van der Waals surface area (Å²) in [5.74, 6) is 2.15. The smallest absolute Gasteiger partial charge is 0.237 e. The quantitative estimate of drug-likeness (QED) is 0.593. The fraction of sp³-hybridized carbons (Fsp3) is 0.533. The highest BCUT2D eigenvalue weighted by molar-refractivity contribution is 7.99. The van der Waals surface area contributed by atoms with Crippen LogP contribution in [0.2, 0.25) is 0 Å². The number of ether oxygens (including phenoxy) is 2. The molecule has 0 bridgehead atoms. The summed E-state index contributed by atoms with van der Waals surface area (Å²) in [5.41, 5.74) is 10.2. The molecule has 0 aliphatic carbocycles. The first-order chi connectivity index (χ1) is 9.99. The van der Waals surface area contributed by atoms with Crippen molar-refractivity contribution in [3.8, 4) is 11.5 Å². The van der Waals surface area contributed by atoms with E-state index in [4.69, 9.17) is 20.9 Å². The van der Waals surface area contributed by atoms with Gasteiger partial charge in [0, 0.05) is 4.90 Å². The number of nitrogens with two attached hydrogens (primary N) is 2. The Morgan fingerprint density at radius 1 is 1.29 bits per heavy atom. The summed E-state index contributed by atoms with van der Waals surface area (Å²) in [4.78, 5) is 12.3. The van der Waals surface area contributed by atoms with Gasteiger partial charge in [-0.1, -0.05) is 6.42 Å². The standard InChI is InChI=1S/C15H22N2O3S/c1-15(17,14(16)18)6-2-3-9-21-11-4-5-12-13(10-11)20-8-7-19-12/h4-5,10H,2-3,6-9,17H2,1H3,(H2,16,18). The number of fused-ring (bicyclic) bond motifs is 1. The minimum atomic E-state index is -0.901. The molecule has 1 aromatic rings. The predicted molar refractivity (Wildman–Crippen MR) is 83.8 cm³/mol. The van der Waals surface area contributed by atoms with Gasteiger partial charge in [0.05, 0.1) is 5.54 Å². The Labute approximate surface area is 129 Å². The molecule has 1 aromatic carbocycles. The van der Waals surface area contributed by atoms with E-state index in [9.17, 15) is 4.79 Å². The second-order valence-corrected chi connectivity index (χ2v) is 6.56. The molecule has 1 atom stereocenters. The molecule has 0 spiro atoms. The number of amides is 1. The topological polar surface area (TPSA) is 87.6 Å². The Bertz CT molecular complexity index is 506. The largest absolute Gasteiger partial charge is 0.486 e. The number of hydrogen-bond donors (Lipinski definition) is 2. The van der Waals surface area contributed by atoms with Crippen molar-refractivity contribution < 1.29 is 14.3 Å². The lowest BCUT2D eigenvalue weighted by molar-refractivity contribution is -0.122. The monoisotopic (exact) mass is 310 g/mol. The third-order valence-corrected chi connectivity index (χ3v) is 4.52. The van der Waals surface area contributed by atoms with Crippen LogP contribution in [0.3, 0.4) is 0 Å². The molecule has 4 N–H and O–H groups in total. The van der Waals surface area contributed by atoms with Gasteiger partial charge in [-0.15, -0.1) is 11.8 Å². The average Bonchev–Trinajstić information content (AvgIpc) is 2.46. The Morgan fingerprint density at radius 3 is 2.71 bits per heavy atom. The second kappa shape index (κ2) is 7.04. The van der Waals surface area contributed by atoms with Crippen LogP contribution in [0.15, 0.2) is 23.1 Å². The van der Waals surface area contributed by atoms with E-state index in [1.807, 2.05) is 18.2 Å². The average molecular weight is 310 g/mol. The molecular formula is C15H22N2O3S. The van der Waals surface area contributed by atoms with Crippen molar-refractivity contribution in [2.45, 2.75) is 36.6 Å². The zero-order valence-corrected chi connectivity index (χ0v) is 13.1. The minimum absolute atomic E-state index is 0.443. The number of hydrogen-bond acceptors (Lipinski definition) is 5. The molecule has 1 aliphatic heterocycles. The van der Waals surface area contributed by atoms with E-state index >= 15 is 0 Å². The van der Waals surface area contributed by atoms with Gasteiger partial charge in [-0.25, -0.2) is 0 Å². The number of unbranched alkanes of at least 4 members (excludes halogenated alkanes) is 1. The highest BCUT2D eigenvalue weighted by atomic mass is 32.2. The first kappa shape index (κ1) is 16.0. The molecule has 0 saturated carbocycles. The summed E-state index contributed by atoms with van der Waals surface area (Å²) >= 11 is 1.76. The summed E-state index contributed by atoms with van der Waals surface area (Å²) in [6.07, 6.45) is 2.48. The van der Waals surface area contributed by atoms with Crippen LogP contribution in [0, 0.1) is 0 Å². The second-order valence-electron chi connectivity index (χ2n) is 5.39. The van der Waals surface area contributed by atoms with Gasteiger partial charge >= 0.3 is 0 Å². The SMILES string of the molecule is CC(N)(CCCCSc1ccc2c(c1)OCCO2)C(N)=O. The maximum Gasteiger partial charge on any atom is 0.237 e. The van der Waals surface area contributed by atoms with Gasteiger partial charge in [0.15, 0.2) is 11.5 Å². The Hall–Kier alpha value is -1.40. The first-order valence-electron chi connectivity index (χ1n) is 7.10. The summed E-state index contributed by atoms with van der Waals surface area (Å²) < 4.78 is 11.0. The van der Waals surface area contributed by atoms with Crippen LogP contribution in [-0.2, 0) is 4.79 Å². The zero-order valence-electron chi connectivity index (χ0n) is 12.3. The van der Waals surface area contributed by atoms with Gasteiger partial charge in [-0.05, 0) is 43.7 Å². The van der Waals surface area contributed by atoms with Crippen LogP contribution in [-0.4, -0.2) is 30.4 Å². The number of primary amides is 1. The molecular weight excluding hydrogens is 288 g/mol. The van der Waals surface area contributed by atoms with Gasteiger partial charge < -0.3 is 20.9 Å². The van der Waals surface area contributed by atoms with Crippen LogP contribution in [0.4, 0.5) is 0 Å². The van der Waals surface area contributed by atoms with E-state index in [-0.39, 0.29) is 0 Å². The summed E-state index contributed by atoms with van der Waals surface area (Å²) in [5, 5.41) is 0. The van der Waals surface area contributed by atoms with E-state index in [1.165, 1.54) is 0 Å². The summed E-state index contributed by atoms with van der Waals surface area (Å²) in [6.45, 7) is 2.89. The fourth-order valence-corrected chi connectivity index (χ4v) is 2.96.